The molecule has 1 heterocycles. The lowest BCUT2D eigenvalue weighted by Crippen LogP contribution is -2.44. The van der Waals surface area contributed by atoms with Gasteiger partial charge in [-0.2, -0.15) is 0 Å². The Balaban J connectivity index is 1.74. The molecule has 2 aromatic carbocycles. The van der Waals surface area contributed by atoms with Crippen LogP contribution in [0.4, 0.5) is 5.69 Å². The van der Waals surface area contributed by atoms with Crippen molar-refractivity contribution in [3.05, 3.63) is 64.7 Å². The fraction of sp³-hybridized carbons (Fsp3) is 0.375. The molecule has 0 aromatic heterocycles. The van der Waals surface area contributed by atoms with Crippen molar-refractivity contribution >= 4 is 11.6 Å². The number of likely N-dealkylation sites (N-methyl/N-ethyl adjacent to an activating group) is 1. The molecule has 0 spiro atoms. The molecular weight excluding hydrogens is 362 g/mol. The fourth-order valence-electron chi connectivity index (χ4n) is 3.50. The number of hydrogen-bond acceptors (Lipinski definition) is 4. The van der Waals surface area contributed by atoms with Crippen LogP contribution in [-0.2, 0) is 0 Å². The zero-order valence-corrected chi connectivity index (χ0v) is 17.4. The fourth-order valence-corrected chi connectivity index (χ4v) is 3.50. The van der Waals surface area contributed by atoms with Crippen LogP contribution in [0.25, 0.3) is 0 Å². The van der Waals surface area contributed by atoms with Crippen molar-refractivity contribution < 1.29 is 9.90 Å². The number of anilines is 1. The van der Waals surface area contributed by atoms with Gasteiger partial charge in [-0.25, -0.2) is 0 Å². The van der Waals surface area contributed by atoms with Crippen LogP contribution in [-0.4, -0.2) is 55.7 Å². The predicted octanol–water partition coefficient (Wildman–Crippen LogP) is 2.58. The number of rotatable bonds is 4. The molecule has 0 bridgehead atoms. The molecule has 2 aromatic rings. The Bertz CT molecular complexity index is 921. The summed E-state index contributed by atoms with van der Waals surface area (Å²) in [6.45, 7) is 7.77. The molecule has 0 unspecified atom stereocenters. The number of amides is 1. The number of carbonyl (C=O) groups excluding carboxylic acids is 1. The van der Waals surface area contributed by atoms with Gasteiger partial charge in [0.25, 0.3) is 5.91 Å². The van der Waals surface area contributed by atoms with Gasteiger partial charge in [0.15, 0.2) is 0 Å². The van der Waals surface area contributed by atoms with Crippen LogP contribution < -0.4 is 10.2 Å². The van der Waals surface area contributed by atoms with Gasteiger partial charge in [-0.15, -0.1) is 0 Å². The summed E-state index contributed by atoms with van der Waals surface area (Å²) < 4.78 is 0. The van der Waals surface area contributed by atoms with E-state index in [2.05, 4.69) is 40.1 Å². The van der Waals surface area contributed by atoms with Crippen LogP contribution in [0, 0.1) is 18.8 Å². The zero-order chi connectivity index (χ0) is 20.8. The van der Waals surface area contributed by atoms with Crippen LogP contribution in [0.15, 0.2) is 42.5 Å². The van der Waals surface area contributed by atoms with E-state index in [4.69, 9.17) is 5.11 Å². The van der Waals surface area contributed by atoms with Gasteiger partial charge in [0.05, 0.1) is 6.04 Å². The van der Waals surface area contributed by atoms with Gasteiger partial charge in [-0.1, -0.05) is 30.0 Å². The first-order valence-electron chi connectivity index (χ1n) is 10.0. The number of piperazine rings is 1. The second-order valence-corrected chi connectivity index (χ2v) is 7.57. The summed E-state index contributed by atoms with van der Waals surface area (Å²) in [5.74, 6) is 5.49. The summed E-state index contributed by atoms with van der Waals surface area (Å²) in [7, 11) is 2.14. The molecule has 3 rings (SSSR count). The lowest BCUT2D eigenvalue weighted by Gasteiger charge is -2.34. The molecule has 0 radical (unpaired) electrons. The summed E-state index contributed by atoms with van der Waals surface area (Å²) in [5.41, 5.74) is 4.59. The monoisotopic (exact) mass is 391 g/mol. The van der Waals surface area contributed by atoms with Crippen molar-refractivity contribution in [3.63, 3.8) is 0 Å². The molecule has 1 aliphatic rings. The topological polar surface area (TPSA) is 55.8 Å². The second-order valence-electron chi connectivity index (χ2n) is 7.57. The Kier molecular flexibility index (Phi) is 6.92. The summed E-state index contributed by atoms with van der Waals surface area (Å²) in [6.07, 6.45) is 0. The third kappa shape index (κ3) is 5.38. The summed E-state index contributed by atoms with van der Waals surface area (Å²) in [5, 5.41) is 12.0. The highest BCUT2D eigenvalue weighted by molar-refractivity contribution is 5.96. The van der Waals surface area contributed by atoms with Crippen LogP contribution in [0.3, 0.4) is 0 Å². The Morgan fingerprint density at radius 3 is 2.66 bits per heavy atom. The van der Waals surface area contributed by atoms with Gasteiger partial charge < -0.3 is 20.2 Å². The Hall–Kier alpha value is -2.81. The normalized spacial score (nSPS) is 15.4. The minimum absolute atomic E-state index is 0.0715. The molecule has 1 fully saturated rings. The van der Waals surface area contributed by atoms with Gasteiger partial charge in [-0.05, 0) is 56.3 Å². The molecule has 152 valence electrons. The van der Waals surface area contributed by atoms with Crippen molar-refractivity contribution in [2.24, 2.45) is 0 Å². The third-order valence-corrected chi connectivity index (χ3v) is 5.38. The van der Waals surface area contributed by atoms with E-state index in [1.54, 1.807) is 0 Å². The first-order valence-corrected chi connectivity index (χ1v) is 10.0. The Morgan fingerprint density at radius 2 is 1.93 bits per heavy atom. The van der Waals surface area contributed by atoms with E-state index in [0.29, 0.717) is 5.56 Å². The molecule has 5 nitrogen and oxygen atoms in total. The standard InChI is InChI=1S/C24H29N3O2/c1-18-9-10-22(27-13-11-26(3)12-14-27)17-23(18)24(29)25-19(2)21-8-4-6-20(16-21)7-5-15-28/h4,6,8-10,16-17,19,28H,11-15H2,1-3H3,(H,25,29)/t19-/m1/s1. The number of nitrogens with one attached hydrogen (secondary N) is 1. The average molecular weight is 392 g/mol. The second kappa shape index (κ2) is 9.60. The first kappa shape index (κ1) is 20.9. The van der Waals surface area contributed by atoms with Crippen molar-refractivity contribution in [1.29, 1.82) is 0 Å². The Labute approximate surface area is 173 Å². The number of benzene rings is 2. The van der Waals surface area contributed by atoms with Gasteiger partial charge in [0.2, 0.25) is 0 Å². The molecule has 0 saturated carbocycles. The number of aryl methyl sites for hydroxylation is 1. The van der Waals surface area contributed by atoms with Gasteiger partial charge in [0, 0.05) is 43.0 Å². The maximum absolute atomic E-state index is 13.0. The highest BCUT2D eigenvalue weighted by atomic mass is 16.2. The average Bonchev–Trinajstić information content (AvgIpc) is 2.73. The third-order valence-electron chi connectivity index (χ3n) is 5.38. The van der Waals surface area contributed by atoms with Crippen molar-refractivity contribution in [3.8, 4) is 11.8 Å². The van der Waals surface area contributed by atoms with E-state index < -0.39 is 0 Å². The molecule has 1 amide bonds. The predicted molar refractivity (Wildman–Crippen MR) is 117 cm³/mol. The smallest absolute Gasteiger partial charge is 0.252 e. The van der Waals surface area contributed by atoms with E-state index in [1.165, 1.54) is 0 Å². The Morgan fingerprint density at radius 1 is 1.17 bits per heavy atom. The summed E-state index contributed by atoms with van der Waals surface area (Å²) in [4.78, 5) is 17.6. The van der Waals surface area contributed by atoms with E-state index in [9.17, 15) is 4.79 Å². The number of aliphatic hydroxyl groups is 1. The number of carbonyl (C=O) groups is 1. The largest absolute Gasteiger partial charge is 0.384 e. The maximum atomic E-state index is 13.0. The minimum Gasteiger partial charge on any atom is -0.384 e. The van der Waals surface area contributed by atoms with E-state index in [-0.39, 0.29) is 18.6 Å². The van der Waals surface area contributed by atoms with E-state index in [1.807, 2.05) is 50.2 Å². The van der Waals surface area contributed by atoms with Crippen LogP contribution in [0.1, 0.15) is 40.0 Å². The molecule has 1 saturated heterocycles. The maximum Gasteiger partial charge on any atom is 0.252 e. The summed E-state index contributed by atoms with van der Waals surface area (Å²) in [6, 6.07) is 13.7. The lowest BCUT2D eigenvalue weighted by atomic mass is 10.0. The summed E-state index contributed by atoms with van der Waals surface area (Å²) >= 11 is 0. The highest BCUT2D eigenvalue weighted by Gasteiger charge is 2.18. The number of hydrogen-bond donors (Lipinski definition) is 2. The van der Waals surface area contributed by atoms with Gasteiger partial charge in [0.1, 0.15) is 6.61 Å². The van der Waals surface area contributed by atoms with E-state index >= 15 is 0 Å². The van der Waals surface area contributed by atoms with E-state index in [0.717, 1.165) is 48.6 Å². The van der Waals surface area contributed by atoms with Crippen molar-refractivity contribution in [2.45, 2.75) is 19.9 Å². The van der Waals surface area contributed by atoms with Crippen LogP contribution in [0.5, 0.6) is 0 Å². The van der Waals surface area contributed by atoms with Crippen LogP contribution in [0.2, 0.25) is 0 Å². The molecule has 1 atom stereocenters. The first-order chi connectivity index (χ1) is 14.0. The lowest BCUT2D eigenvalue weighted by molar-refractivity contribution is 0.0939. The van der Waals surface area contributed by atoms with Gasteiger partial charge in [-0.3, -0.25) is 4.79 Å². The number of nitrogens with zero attached hydrogens (tertiary/aromatic N) is 2. The van der Waals surface area contributed by atoms with Gasteiger partial charge >= 0.3 is 0 Å². The number of aliphatic hydroxyl groups excluding tert-OH is 1. The zero-order valence-electron chi connectivity index (χ0n) is 17.4. The highest BCUT2D eigenvalue weighted by Crippen LogP contribution is 2.22. The quantitative estimate of drug-likeness (QED) is 0.787. The molecule has 1 aliphatic heterocycles. The van der Waals surface area contributed by atoms with Crippen LogP contribution >= 0.6 is 0 Å². The molecule has 2 N–H and O–H groups in total. The molecule has 5 heteroatoms. The molecule has 0 aliphatic carbocycles. The van der Waals surface area contributed by atoms with Crippen molar-refractivity contribution in [2.75, 3.05) is 44.7 Å². The SMILES string of the molecule is Cc1ccc(N2CCN(C)CC2)cc1C(=O)N[C@H](C)c1cccc(C#CCO)c1. The van der Waals surface area contributed by atoms with Crippen molar-refractivity contribution in [1.82, 2.24) is 10.2 Å². The molecule has 29 heavy (non-hydrogen) atoms. The minimum atomic E-state index is -0.167. The molecular formula is C24H29N3O2.